The molecule has 1 aliphatic carbocycles. The standard InChI is InChI=1S/C14H17NO2S/c16-14(8-4-1-5-9-14)10-18-13-15-11-6-2-3-7-12(11)17-13/h2-3,6-7,16H,1,4-5,8-10H2. The van der Waals surface area contributed by atoms with Crippen LogP contribution in [-0.4, -0.2) is 21.4 Å². The van der Waals surface area contributed by atoms with E-state index in [-0.39, 0.29) is 0 Å². The van der Waals surface area contributed by atoms with Crippen molar-refractivity contribution in [3.8, 4) is 0 Å². The molecule has 0 bridgehead atoms. The molecule has 1 saturated carbocycles. The molecule has 3 nitrogen and oxygen atoms in total. The fraction of sp³-hybridized carbons (Fsp3) is 0.500. The van der Waals surface area contributed by atoms with E-state index in [1.54, 1.807) is 0 Å². The number of nitrogens with zero attached hydrogens (tertiary/aromatic N) is 1. The van der Waals surface area contributed by atoms with Gasteiger partial charge < -0.3 is 9.52 Å². The lowest BCUT2D eigenvalue weighted by atomic mass is 9.86. The van der Waals surface area contributed by atoms with Crippen molar-refractivity contribution in [1.82, 2.24) is 4.98 Å². The maximum absolute atomic E-state index is 10.4. The summed E-state index contributed by atoms with van der Waals surface area (Å²) >= 11 is 1.52. The Bertz CT molecular complexity index is 498. The molecule has 3 rings (SSSR count). The molecule has 96 valence electrons. The lowest BCUT2D eigenvalue weighted by molar-refractivity contribution is 0.0271. The maximum Gasteiger partial charge on any atom is 0.256 e. The van der Waals surface area contributed by atoms with Gasteiger partial charge in [-0.1, -0.05) is 43.2 Å². The van der Waals surface area contributed by atoms with Crippen LogP contribution in [0.4, 0.5) is 0 Å². The van der Waals surface area contributed by atoms with E-state index in [4.69, 9.17) is 4.42 Å². The molecule has 1 fully saturated rings. The zero-order chi connectivity index (χ0) is 12.4. The van der Waals surface area contributed by atoms with Gasteiger partial charge in [-0.3, -0.25) is 0 Å². The van der Waals surface area contributed by atoms with Crippen LogP contribution in [0.3, 0.4) is 0 Å². The van der Waals surface area contributed by atoms with Gasteiger partial charge in [0, 0.05) is 5.75 Å². The molecule has 0 aliphatic heterocycles. The van der Waals surface area contributed by atoms with Crippen LogP contribution < -0.4 is 0 Å². The number of aromatic nitrogens is 1. The van der Waals surface area contributed by atoms with Crippen molar-refractivity contribution in [1.29, 1.82) is 0 Å². The van der Waals surface area contributed by atoms with Crippen molar-refractivity contribution < 1.29 is 9.52 Å². The number of hydrogen-bond acceptors (Lipinski definition) is 4. The molecule has 1 aliphatic rings. The van der Waals surface area contributed by atoms with Crippen molar-refractivity contribution in [2.45, 2.75) is 42.9 Å². The first kappa shape index (κ1) is 12.1. The highest BCUT2D eigenvalue weighted by Crippen LogP contribution is 2.34. The SMILES string of the molecule is OC1(CSc2nc3ccccc3o2)CCCCC1. The Balaban J connectivity index is 1.69. The fourth-order valence-electron chi connectivity index (χ4n) is 2.46. The molecular weight excluding hydrogens is 246 g/mol. The van der Waals surface area contributed by atoms with E-state index in [0.717, 1.165) is 36.8 Å². The second kappa shape index (κ2) is 4.94. The molecule has 1 aromatic carbocycles. The minimum atomic E-state index is -0.524. The van der Waals surface area contributed by atoms with E-state index in [9.17, 15) is 5.11 Å². The Hall–Kier alpha value is -1.00. The number of benzene rings is 1. The first-order chi connectivity index (χ1) is 8.75. The number of para-hydroxylation sites is 2. The molecule has 18 heavy (non-hydrogen) atoms. The van der Waals surface area contributed by atoms with Crippen molar-refractivity contribution in [2.24, 2.45) is 0 Å². The van der Waals surface area contributed by atoms with Crippen LogP contribution >= 0.6 is 11.8 Å². The summed E-state index contributed by atoms with van der Waals surface area (Å²) < 4.78 is 5.64. The van der Waals surface area contributed by atoms with Crippen LogP contribution in [0.15, 0.2) is 33.9 Å². The van der Waals surface area contributed by atoms with Gasteiger partial charge in [0.2, 0.25) is 0 Å². The van der Waals surface area contributed by atoms with Crippen LogP contribution in [0.5, 0.6) is 0 Å². The lowest BCUT2D eigenvalue weighted by Gasteiger charge is -2.31. The molecule has 0 radical (unpaired) electrons. The predicted octanol–water partition coefficient (Wildman–Crippen LogP) is 3.62. The first-order valence-corrected chi connectivity index (χ1v) is 7.45. The highest BCUT2D eigenvalue weighted by Gasteiger charge is 2.29. The van der Waals surface area contributed by atoms with E-state index in [1.165, 1.54) is 18.2 Å². The Kier molecular flexibility index (Phi) is 3.31. The van der Waals surface area contributed by atoms with E-state index in [0.29, 0.717) is 11.0 Å². The normalized spacial score (nSPS) is 19.2. The van der Waals surface area contributed by atoms with Gasteiger partial charge in [0.15, 0.2) is 5.58 Å². The third-order valence-corrected chi connectivity index (χ3v) is 4.63. The summed E-state index contributed by atoms with van der Waals surface area (Å²) in [6.45, 7) is 0. The minimum absolute atomic E-state index is 0.524. The van der Waals surface area contributed by atoms with Gasteiger partial charge in [-0.15, -0.1) is 0 Å². The summed E-state index contributed by atoms with van der Waals surface area (Å²) in [7, 11) is 0. The summed E-state index contributed by atoms with van der Waals surface area (Å²) in [5.74, 6) is 0.680. The van der Waals surface area contributed by atoms with Crippen LogP contribution in [0.1, 0.15) is 32.1 Å². The molecule has 4 heteroatoms. The van der Waals surface area contributed by atoms with Gasteiger partial charge in [-0.2, -0.15) is 0 Å². The molecule has 1 heterocycles. The number of fused-ring (bicyclic) bond motifs is 1. The number of thioether (sulfide) groups is 1. The monoisotopic (exact) mass is 263 g/mol. The molecule has 0 saturated heterocycles. The van der Waals surface area contributed by atoms with Crippen LogP contribution in [0, 0.1) is 0 Å². The van der Waals surface area contributed by atoms with Gasteiger partial charge in [0.1, 0.15) is 5.52 Å². The molecule has 2 aromatic rings. The molecule has 0 atom stereocenters. The largest absolute Gasteiger partial charge is 0.431 e. The Labute approximate surface area is 111 Å². The molecule has 1 N–H and O–H groups in total. The average molecular weight is 263 g/mol. The Morgan fingerprint density at radius 3 is 2.78 bits per heavy atom. The minimum Gasteiger partial charge on any atom is -0.431 e. The highest BCUT2D eigenvalue weighted by atomic mass is 32.2. The third kappa shape index (κ3) is 2.54. The number of aliphatic hydroxyl groups is 1. The first-order valence-electron chi connectivity index (χ1n) is 6.46. The molecule has 0 unspecified atom stereocenters. The second-order valence-electron chi connectivity index (χ2n) is 5.02. The quantitative estimate of drug-likeness (QED) is 0.859. The summed E-state index contributed by atoms with van der Waals surface area (Å²) in [6, 6.07) is 7.75. The molecular formula is C14H17NO2S. The topological polar surface area (TPSA) is 46.3 Å². The van der Waals surface area contributed by atoms with Crippen molar-refractivity contribution in [2.75, 3.05) is 5.75 Å². The highest BCUT2D eigenvalue weighted by molar-refractivity contribution is 7.99. The van der Waals surface area contributed by atoms with E-state index in [1.807, 2.05) is 24.3 Å². The predicted molar refractivity (Wildman–Crippen MR) is 72.8 cm³/mol. The van der Waals surface area contributed by atoms with Crippen LogP contribution in [-0.2, 0) is 0 Å². The molecule has 1 aromatic heterocycles. The van der Waals surface area contributed by atoms with Crippen molar-refractivity contribution >= 4 is 22.9 Å². The third-order valence-electron chi connectivity index (χ3n) is 3.52. The van der Waals surface area contributed by atoms with Gasteiger partial charge in [-0.05, 0) is 25.0 Å². The van der Waals surface area contributed by atoms with Gasteiger partial charge in [-0.25, -0.2) is 4.98 Å². The van der Waals surface area contributed by atoms with Gasteiger partial charge >= 0.3 is 0 Å². The molecule has 0 amide bonds. The average Bonchev–Trinajstić information content (AvgIpc) is 2.80. The van der Waals surface area contributed by atoms with E-state index in [2.05, 4.69) is 4.98 Å². The van der Waals surface area contributed by atoms with Crippen molar-refractivity contribution in [3.63, 3.8) is 0 Å². The number of hydrogen-bond donors (Lipinski definition) is 1. The summed E-state index contributed by atoms with van der Waals surface area (Å²) in [5.41, 5.74) is 1.18. The number of rotatable bonds is 3. The summed E-state index contributed by atoms with van der Waals surface area (Å²) in [4.78, 5) is 4.41. The smallest absolute Gasteiger partial charge is 0.256 e. The number of oxazole rings is 1. The van der Waals surface area contributed by atoms with Crippen LogP contribution in [0.2, 0.25) is 0 Å². The Morgan fingerprint density at radius 1 is 1.22 bits per heavy atom. The van der Waals surface area contributed by atoms with E-state index < -0.39 is 5.60 Å². The zero-order valence-corrected chi connectivity index (χ0v) is 11.1. The van der Waals surface area contributed by atoms with Crippen LogP contribution in [0.25, 0.3) is 11.1 Å². The van der Waals surface area contributed by atoms with Crippen molar-refractivity contribution in [3.05, 3.63) is 24.3 Å². The fourth-order valence-corrected chi connectivity index (χ4v) is 3.46. The second-order valence-corrected chi connectivity index (χ2v) is 5.95. The molecule has 0 spiro atoms. The zero-order valence-electron chi connectivity index (χ0n) is 10.3. The summed E-state index contributed by atoms with van der Waals surface area (Å²) in [5, 5.41) is 11.1. The lowest BCUT2D eigenvalue weighted by Crippen LogP contribution is -2.33. The van der Waals surface area contributed by atoms with Gasteiger partial charge in [0.25, 0.3) is 5.22 Å². The van der Waals surface area contributed by atoms with E-state index >= 15 is 0 Å². The summed E-state index contributed by atoms with van der Waals surface area (Å²) in [6.07, 6.45) is 5.31. The maximum atomic E-state index is 10.4. The Morgan fingerprint density at radius 2 is 2.00 bits per heavy atom. The van der Waals surface area contributed by atoms with Gasteiger partial charge in [0.05, 0.1) is 5.60 Å².